The molecule has 8 heteroatoms. The lowest BCUT2D eigenvalue weighted by molar-refractivity contribution is 0.102. The minimum absolute atomic E-state index is 0.0411. The van der Waals surface area contributed by atoms with Crippen LogP contribution in [0.3, 0.4) is 0 Å². The van der Waals surface area contributed by atoms with Crippen LogP contribution in [0.4, 0.5) is 17.6 Å². The second-order valence-electron chi connectivity index (χ2n) is 9.74. The summed E-state index contributed by atoms with van der Waals surface area (Å²) in [6.07, 6.45) is 1.75. The molecule has 0 aliphatic carbocycles. The van der Waals surface area contributed by atoms with E-state index in [2.05, 4.69) is 68.6 Å². The van der Waals surface area contributed by atoms with Crippen LogP contribution >= 0.6 is 0 Å². The van der Waals surface area contributed by atoms with Crippen molar-refractivity contribution in [2.45, 2.75) is 45.8 Å². The predicted molar refractivity (Wildman–Crippen MR) is 137 cm³/mol. The van der Waals surface area contributed by atoms with Gasteiger partial charge >= 0.3 is 0 Å². The highest BCUT2D eigenvalue weighted by atomic mass is 16.1. The molecule has 1 aliphatic rings. The molecule has 2 aromatic carbocycles. The van der Waals surface area contributed by atoms with Gasteiger partial charge in [0, 0.05) is 23.9 Å². The Labute approximate surface area is 204 Å². The van der Waals surface area contributed by atoms with Crippen LogP contribution in [0.1, 0.15) is 53.5 Å². The molecule has 0 saturated heterocycles. The first-order valence-corrected chi connectivity index (χ1v) is 11.7. The normalized spacial score (nSPS) is 12.9. The van der Waals surface area contributed by atoms with Crippen LogP contribution < -0.4 is 15.5 Å². The van der Waals surface area contributed by atoms with Crippen LogP contribution in [0.15, 0.2) is 66.9 Å². The maximum Gasteiger partial charge on any atom is 0.256 e. The Balaban J connectivity index is 1.24. The largest absolute Gasteiger partial charge is 0.350 e. The van der Waals surface area contributed by atoms with Crippen LogP contribution in [-0.4, -0.2) is 26.1 Å². The van der Waals surface area contributed by atoms with E-state index in [4.69, 9.17) is 0 Å². The number of aromatic nitrogens is 4. The third kappa shape index (κ3) is 5.01. The summed E-state index contributed by atoms with van der Waals surface area (Å²) >= 11 is 0. The van der Waals surface area contributed by atoms with E-state index in [1.165, 1.54) is 5.56 Å². The summed E-state index contributed by atoms with van der Waals surface area (Å²) in [5, 5.41) is 13.7. The number of amides is 1. The first-order valence-electron chi connectivity index (χ1n) is 11.7. The fourth-order valence-electron chi connectivity index (χ4n) is 4.09. The van der Waals surface area contributed by atoms with Gasteiger partial charge in [0.15, 0.2) is 5.82 Å². The Morgan fingerprint density at radius 2 is 1.80 bits per heavy atom. The predicted octanol–water partition coefficient (Wildman–Crippen LogP) is 4.88. The van der Waals surface area contributed by atoms with Crippen LogP contribution in [0, 0.1) is 0 Å². The summed E-state index contributed by atoms with van der Waals surface area (Å²) in [6, 6.07) is 19.8. The van der Waals surface area contributed by atoms with Gasteiger partial charge in [-0.1, -0.05) is 63.2 Å². The van der Waals surface area contributed by atoms with Crippen molar-refractivity contribution in [3.8, 4) is 0 Å². The number of carbonyl (C=O) groups excluding carboxylic acids is 1. The van der Waals surface area contributed by atoms with Gasteiger partial charge in [-0.2, -0.15) is 10.1 Å². The van der Waals surface area contributed by atoms with E-state index in [1.807, 2.05) is 48.5 Å². The molecule has 8 nitrogen and oxygen atoms in total. The van der Waals surface area contributed by atoms with Crippen molar-refractivity contribution in [1.29, 1.82) is 0 Å². The molecule has 178 valence electrons. The summed E-state index contributed by atoms with van der Waals surface area (Å²) in [7, 11) is 0. The molecule has 35 heavy (non-hydrogen) atoms. The SMILES string of the molecule is CC(C)(C)c1ccc(C(=O)Nc2n[nH]c3c2CN(c2ccnc(NCc4ccccc4)n2)C3)cc1. The molecule has 1 amide bonds. The number of benzene rings is 2. The molecule has 2 aromatic heterocycles. The van der Waals surface area contributed by atoms with Crippen LogP contribution in [0.25, 0.3) is 0 Å². The number of anilines is 3. The molecule has 5 rings (SSSR count). The lowest BCUT2D eigenvalue weighted by Gasteiger charge is -2.19. The zero-order valence-electron chi connectivity index (χ0n) is 20.2. The van der Waals surface area contributed by atoms with Crippen molar-refractivity contribution >= 4 is 23.5 Å². The first-order chi connectivity index (χ1) is 16.9. The van der Waals surface area contributed by atoms with Crippen molar-refractivity contribution in [3.63, 3.8) is 0 Å². The number of aromatic amines is 1. The molecule has 0 bridgehead atoms. The van der Waals surface area contributed by atoms with Gasteiger partial charge in [0.25, 0.3) is 5.91 Å². The van der Waals surface area contributed by atoms with Crippen LogP contribution in [0.2, 0.25) is 0 Å². The van der Waals surface area contributed by atoms with Crippen LogP contribution in [-0.2, 0) is 25.0 Å². The first kappa shape index (κ1) is 22.6. The zero-order valence-corrected chi connectivity index (χ0v) is 20.2. The topological polar surface area (TPSA) is 98.8 Å². The van der Waals surface area contributed by atoms with E-state index < -0.39 is 0 Å². The summed E-state index contributed by atoms with van der Waals surface area (Å²) < 4.78 is 0. The maximum atomic E-state index is 12.9. The van der Waals surface area contributed by atoms with E-state index in [0.29, 0.717) is 37.0 Å². The second-order valence-corrected chi connectivity index (χ2v) is 9.74. The molecule has 3 N–H and O–H groups in total. The molecule has 4 aromatic rings. The van der Waals surface area contributed by atoms with Crippen molar-refractivity contribution in [2.75, 3.05) is 15.5 Å². The number of rotatable bonds is 6. The Morgan fingerprint density at radius 1 is 1.03 bits per heavy atom. The molecule has 0 unspecified atom stereocenters. The highest BCUT2D eigenvalue weighted by Gasteiger charge is 2.27. The number of fused-ring (bicyclic) bond motifs is 1. The van der Waals surface area contributed by atoms with Crippen molar-refractivity contribution in [2.24, 2.45) is 0 Å². The number of H-pyrrole nitrogens is 1. The highest BCUT2D eigenvalue weighted by Crippen LogP contribution is 2.31. The van der Waals surface area contributed by atoms with Gasteiger partial charge in [0.1, 0.15) is 5.82 Å². The third-order valence-corrected chi connectivity index (χ3v) is 6.15. The number of hydrogen-bond acceptors (Lipinski definition) is 6. The highest BCUT2D eigenvalue weighted by molar-refractivity contribution is 6.04. The van der Waals surface area contributed by atoms with Gasteiger partial charge < -0.3 is 15.5 Å². The molecular weight excluding hydrogens is 438 g/mol. The molecule has 0 atom stereocenters. The fourth-order valence-corrected chi connectivity index (χ4v) is 4.09. The van der Waals surface area contributed by atoms with Crippen molar-refractivity contribution < 1.29 is 4.79 Å². The van der Waals surface area contributed by atoms with Crippen molar-refractivity contribution in [3.05, 3.63) is 94.8 Å². The van der Waals surface area contributed by atoms with Gasteiger partial charge in [-0.3, -0.25) is 9.89 Å². The van der Waals surface area contributed by atoms with Gasteiger partial charge in [-0.15, -0.1) is 0 Å². The van der Waals surface area contributed by atoms with E-state index in [1.54, 1.807) is 6.20 Å². The Morgan fingerprint density at radius 3 is 2.54 bits per heavy atom. The summed E-state index contributed by atoms with van der Waals surface area (Å²) in [5.41, 5.74) is 4.95. The standard InChI is InChI=1S/C27H29N7O/c1-27(2,3)20-11-9-19(10-12-20)25(35)31-24-21-16-34(17-22(21)32-33-24)23-13-14-28-26(30-23)29-15-18-7-5-4-6-8-18/h4-14H,15-17H2,1-3H3,(H,28,29,30)(H2,31,32,33,35). The molecule has 0 saturated carbocycles. The number of nitrogens with zero attached hydrogens (tertiary/aromatic N) is 4. The summed E-state index contributed by atoms with van der Waals surface area (Å²) in [6.45, 7) is 8.34. The molecule has 0 radical (unpaired) electrons. The summed E-state index contributed by atoms with van der Waals surface area (Å²) in [5.74, 6) is 1.78. The van der Waals surface area contributed by atoms with E-state index in [0.717, 1.165) is 22.6 Å². The maximum absolute atomic E-state index is 12.9. The van der Waals surface area contributed by atoms with E-state index in [9.17, 15) is 4.79 Å². The Bertz CT molecular complexity index is 1320. The lowest BCUT2D eigenvalue weighted by atomic mass is 9.87. The second kappa shape index (κ2) is 9.21. The molecular formula is C27H29N7O. The Hall–Kier alpha value is -4.20. The fraction of sp³-hybridized carbons (Fsp3) is 0.259. The van der Waals surface area contributed by atoms with Crippen LogP contribution in [0.5, 0.6) is 0 Å². The average molecular weight is 468 g/mol. The monoisotopic (exact) mass is 467 g/mol. The lowest BCUT2D eigenvalue weighted by Crippen LogP contribution is -2.19. The minimum atomic E-state index is -0.173. The Kier molecular flexibility index (Phi) is 5.94. The van der Waals surface area contributed by atoms with Gasteiger partial charge in [-0.05, 0) is 34.7 Å². The average Bonchev–Trinajstić information content (AvgIpc) is 3.45. The zero-order chi connectivity index (χ0) is 24.4. The molecule has 0 fully saturated rings. The number of hydrogen-bond donors (Lipinski definition) is 3. The van der Waals surface area contributed by atoms with Crippen molar-refractivity contribution in [1.82, 2.24) is 20.2 Å². The minimum Gasteiger partial charge on any atom is -0.350 e. The molecule has 0 spiro atoms. The van der Waals surface area contributed by atoms with Gasteiger partial charge in [0.2, 0.25) is 5.95 Å². The molecule has 3 heterocycles. The third-order valence-electron chi connectivity index (χ3n) is 6.15. The van der Waals surface area contributed by atoms with Gasteiger partial charge in [0.05, 0.1) is 18.8 Å². The van der Waals surface area contributed by atoms with E-state index >= 15 is 0 Å². The number of nitrogens with one attached hydrogen (secondary N) is 3. The summed E-state index contributed by atoms with van der Waals surface area (Å²) in [4.78, 5) is 24.0. The smallest absolute Gasteiger partial charge is 0.256 e. The quantitative estimate of drug-likeness (QED) is 0.374. The number of carbonyl (C=O) groups is 1. The van der Waals surface area contributed by atoms with Gasteiger partial charge in [-0.25, -0.2) is 4.98 Å². The van der Waals surface area contributed by atoms with E-state index in [-0.39, 0.29) is 11.3 Å². The molecule has 1 aliphatic heterocycles.